The van der Waals surface area contributed by atoms with Gasteiger partial charge in [-0.3, -0.25) is 0 Å². The minimum absolute atomic E-state index is 0.0233. The molecule has 31 heavy (non-hydrogen) atoms. The first-order chi connectivity index (χ1) is 14.7. The number of rotatable bonds is 11. The second kappa shape index (κ2) is 11.1. The largest absolute Gasteiger partial charge is 0.402 e. The van der Waals surface area contributed by atoms with Crippen LogP contribution in [0.4, 0.5) is 0 Å². The summed E-state index contributed by atoms with van der Waals surface area (Å²) in [5.74, 6) is 0. The van der Waals surface area contributed by atoms with Gasteiger partial charge in [-0.25, -0.2) is 0 Å². The summed E-state index contributed by atoms with van der Waals surface area (Å²) in [5.41, 5.74) is 1.05. The van der Waals surface area contributed by atoms with Crippen molar-refractivity contribution < 1.29 is 9.16 Å². The maximum absolute atomic E-state index is 7.25. The quantitative estimate of drug-likeness (QED) is 0.305. The van der Waals surface area contributed by atoms with E-state index in [4.69, 9.17) is 9.16 Å². The highest BCUT2D eigenvalue weighted by molar-refractivity contribution is 6.99. The van der Waals surface area contributed by atoms with E-state index in [2.05, 4.69) is 108 Å². The summed E-state index contributed by atoms with van der Waals surface area (Å²) in [6.07, 6.45) is 3.41. The molecule has 0 heterocycles. The van der Waals surface area contributed by atoms with Gasteiger partial charge >= 0.3 is 0 Å². The molecule has 2 rings (SSSR count). The van der Waals surface area contributed by atoms with Gasteiger partial charge in [0.25, 0.3) is 8.32 Å². The molecule has 2 nitrogen and oxygen atoms in total. The van der Waals surface area contributed by atoms with Crippen LogP contribution in [-0.4, -0.2) is 26.6 Å². The first-order valence-electron chi connectivity index (χ1n) is 11.4. The summed E-state index contributed by atoms with van der Waals surface area (Å²) >= 11 is 0. The molecule has 3 heteroatoms. The number of benzene rings is 2. The fourth-order valence-electron chi connectivity index (χ4n) is 4.34. The normalized spacial score (nSPS) is 15.2. The molecule has 0 saturated heterocycles. The van der Waals surface area contributed by atoms with Crippen LogP contribution in [0, 0.1) is 0 Å². The van der Waals surface area contributed by atoms with Gasteiger partial charge in [0.15, 0.2) is 0 Å². The van der Waals surface area contributed by atoms with E-state index in [1.54, 1.807) is 0 Å². The van der Waals surface area contributed by atoms with E-state index in [1.807, 2.05) is 13.0 Å². The van der Waals surface area contributed by atoms with E-state index in [0.29, 0.717) is 0 Å². The van der Waals surface area contributed by atoms with Crippen LogP contribution in [0.2, 0.25) is 5.04 Å². The van der Waals surface area contributed by atoms with Crippen LogP contribution >= 0.6 is 0 Å². The molecule has 0 aliphatic carbocycles. The van der Waals surface area contributed by atoms with Crippen molar-refractivity contribution in [2.24, 2.45) is 0 Å². The van der Waals surface area contributed by atoms with Crippen molar-refractivity contribution in [1.82, 2.24) is 0 Å². The van der Waals surface area contributed by atoms with Gasteiger partial charge in [-0.15, -0.1) is 6.58 Å². The Balaban J connectivity index is 2.56. The van der Waals surface area contributed by atoms with Gasteiger partial charge in [-0.2, -0.15) is 0 Å². The molecule has 0 N–H and O–H groups in total. The zero-order valence-corrected chi connectivity index (χ0v) is 21.2. The third-order valence-corrected chi connectivity index (χ3v) is 11.1. The molecule has 0 saturated carbocycles. The Bertz CT molecular complexity index is 784. The van der Waals surface area contributed by atoms with Gasteiger partial charge in [-0.1, -0.05) is 107 Å². The van der Waals surface area contributed by atoms with E-state index in [9.17, 15) is 0 Å². The Morgan fingerprint density at radius 2 is 1.48 bits per heavy atom. The number of hydrogen-bond donors (Lipinski definition) is 0. The fraction of sp³-hybridized carbons (Fsp3) is 0.429. The molecule has 2 aromatic carbocycles. The van der Waals surface area contributed by atoms with Crippen molar-refractivity contribution in [1.29, 1.82) is 0 Å². The third-order valence-electron chi connectivity index (χ3n) is 5.96. The lowest BCUT2D eigenvalue weighted by molar-refractivity contribution is -0.0511. The van der Waals surface area contributed by atoms with E-state index in [0.717, 1.165) is 18.4 Å². The van der Waals surface area contributed by atoms with Gasteiger partial charge in [0.1, 0.15) is 0 Å². The van der Waals surface area contributed by atoms with Gasteiger partial charge in [0, 0.05) is 0 Å². The molecule has 2 aromatic rings. The second-order valence-electron chi connectivity index (χ2n) is 9.43. The molecule has 168 valence electrons. The molecule has 0 amide bonds. The number of hydrogen-bond acceptors (Lipinski definition) is 2. The highest BCUT2D eigenvalue weighted by Crippen LogP contribution is 2.38. The SMILES string of the molecule is C=CC[C@@H](O[C@H](CC)C(=C)C)[C@H](C)O[Si](c1ccccc1)(c1ccccc1)C(C)(C)C. The molecule has 0 bridgehead atoms. The van der Waals surface area contributed by atoms with Crippen LogP contribution in [0.3, 0.4) is 0 Å². The molecule has 0 radical (unpaired) electrons. The lowest BCUT2D eigenvalue weighted by Gasteiger charge is -2.46. The zero-order chi connectivity index (χ0) is 23.1. The minimum Gasteiger partial charge on any atom is -0.402 e. The Morgan fingerprint density at radius 1 is 1.00 bits per heavy atom. The third kappa shape index (κ3) is 5.85. The standard InChI is InChI=1S/C28H40O2Si/c1-9-17-27(29-26(10-2)22(3)4)23(5)30-31(28(6,7)8,24-18-13-11-14-19-24)25-20-15-12-16-21-25/h9,11-16,18-21,23,26-27H,1,3,10,17H2,2,4-8H3/t23-,26+,27+/m0/s1. The van der Waals surface area contributed by atoms with Crippen LogP contribution < -0.4 is 10.4 Å². The molecule has 0 spiro atoms. The first kappa shape index (κ1) is 25.3. The smallest absolute Gasteiger partial charge is 0.261 e. The molecule has 0 aliphatic heterocycles. The van der Waals surface area contributed by atoms with Crippen molar-refractivity contribution >= 4 is 18.7 Å². The molecule has 3 atom stereocenters. The molecule has 0 aliphatic rings. The average molecular weight is 437 g/mol. The van der Waals surface area contributed by atoms with Gasteiger partial charge < -0.3 is 9.16 Å². The molecule has 0 fully saturated rings. The molecular weight excluding hydrogens is 396 g/mol. The highest BCUT2D eigenvalue weighted by Gasteiger charge is 2.51. The second-order valence-corrected chi connectivity index (χ2v) is 13.7. The Hall–Kier alpha value is -1.94. The van der Waals surface area contributed by atoms with Crippen LogP contribution in [0.15, 0.2) is 85.5 Å². The maximum atomic E-state index is 7.25. The van der Waals surface area contributed by atoms with Crippen LogP contribution in [0.1, 0.15) is 54.4 Å². The summed E-state index contributed by atoms with van der Waals surface area (Å²) in [6, 6.07) is 21.5. The van der Waals surface area contributed by atoms with Crippen LogP contribution in [-0.2, 0) is 9.16 Å². The van der Waals surface area contributed by atoms with E-state index in [-0.39, 0.29) is 23.4 Å². The van der Waals surface area contributed by atoms with Gasteiger partial charge in [-0.05, 0) is 42.1 Å². The van der Waals surface area contributed by atoms with Gasteiger partial charge in [0.2, 0.25) is 0 Å². The van der Waals surface area contributed by atoms with Crippen molar-refractivity contribution in [3.8, 4) is 0 Å². The van der Waals surface area contributed by atoms with Crippen molar-refractivity contribution in [2.75, 3.05) is 0 Å². The van der Waals surface area contributed by atoms with Crippen molar-refractivity contribution in [2.45, 2.75) is 77.7 Å². The molecule has 0 aromatic heterocycles. The summed E-state index contributed by atoms with van der Waals surface area (Å²) in [7, 11) is -2.63. The topological polar surface area (TPSA) is 18.5 Å². The highest BCUT2D eigenvalue weighted by atomic mass is 28.4. The van der Waals surface area contributed by atoms with Crippen LogP contribution in [0.5, 0.6) is 0 Å². The molecule has 0 unspecified atom stereocenters. The average Bonchev–Trinajstić information content (AvgIpc) is 2.74. The summed E-state index contributed by atoms with van der Waals surface area (Å²) < 4.78 is 13.8. The van der Waals surface area contributed by atoms with Crippen molar-refractivity contribution in [3.63, 3.8) is 0 Å². The van der Waals surface area contributed by atoms with Crippen molar-refractivity contribution in [3.05, 3.63) is 85.5 Å². The summed E-state index contributed by atoms with van der Waals surface area (Å²) in [4.78, 5) is 0. The monoisotopic (exact) mass is 436 g/mol. The first-order valence-corrected chi connectivity index (χ1v) is 13.3. The van der Waals surface area contributed by atoms with E-state index >= 15 is 0 Å². The lowest BCUT2D eigenvalue weighted by atomic mass is 10.1. The molecular formula is C28H40O2Si. The lowest BCUT2D eigenvalue weighted by Crippen LogP contribution is -2.68. The predicted molar refractivity (Wildman–Crippen MR) is 137 cm³/mol. The minimum atomic E-state index is -2.63. The van der Waals surface area contributed by atoms with E-state index < -0.39 is 8.32 Å². The van der Waals surface area contributed by atoms with Crippen LogP contribution in [0.25, 0.3) is 0 Å². The summed E-state index contributed by atoms with van der Waals surface area (Å²) in [6.45, 7) is 21.3. The predicted octanol–water partition coefficient (Wildman–Crippen LogP) is 6.27. The maximum Gasteiger partial charge on any atom is 0.261 e. The number of ether oxygens (including phenoxy) is 1. The Morgan fingerprint density at radius 3 is 1.84 bits per heavy atom. The Labute approximate surface area is 191 Å². The Kier molecular flexibility index (Phi) is 9.05. The van der Waals surface area contributed by atoms with E-state index in [1.165, 1.54) is 10.4 Å². The summed E-state index contributed by atoms with van der Waals surface area (Å²) in [5, 5.41) is 2.50. The zero-order valence-electron chi connectivity index (χ0n) is 20.2. The fourth-order valence-corrected chi connectivity index (χ4v) is 9.06. The van der Waals surface area contributed by atoms with Gasteiger partial charge in [0.05, 0.1) is 18.3 Å².